The Morgan fingerprint density at radius 2 is 1.96 bits per heavy atom. The molecule has 10 nitrogen and oxygen atoms in total. The van der Waals surface area contributed by atoms with E-state index in [1.54, 1.807) is 12.1 Å². The average Bonchev–Trinajstić information content (AvgIpc) is 3.04. The smallest absolute Gasteiger partial charge is 0.406 e. The maximum Gasteiger partial charge on any atom is 0.406 e. The Bertz CT molecular complexity index is 711. The molecule has 0 saturated carbocycles. The van der Waals surface area contributed by atoms with Gasteiger partial charge >= 0.3 is 6.09 Å². The Morgan fingerprint density at radius 3 is 2.46 bits per heavy atom. The normalized spacial score (nSPS) is 13.0. The summed E-state index contributed by atoms with van der Waals surface area (Å²) in [6.45, 7) is 0.0579. The number of aromatic nitrogens is 4. The molecule has 2 N–H and O–H groups in total. The molecular weight excluding hydrogens is 433 g/mol. The number of halogens is 1. The standard InChI is InChI=1S/C13H16IN5O5/c1-21-9-5-4-8(10(22-2)11(9)23-3)13(14,24-12(15)20)6-19-17-7-16-18-19/h4-5,7H,6H2,1-3H3,(H2,15,20). The van der Waals surface area contributed by atoms with E-state index in [0.717, 1.165) is 0 Å². The number of carbonyl (C=O) groups excluding carboxylic acids is 1. The molecule has 0 aliphatic carbocycles. The van der Waals surface area contributed by atoms with Gasteiger partial charge in [0.1, 0.15) is 6.54 Å². The number of alkyl halides is 1. The summed E-state index contributed by atoms with van der Waals surface area (Å²) in [5.41, 5.74) is 5.73. The highest BCUT2D eigenvalue weighted by Gasteiger charge is 2.39. The number of methoxy groups -OCH3 is 3. The van der Waals surface area contributed by atoms with E-state index < -0.39 is 9.70 Å². The number of carbonyl (C=O) groups is 1. The lowest BCUT2D eigenvalue weighted by Crippen LogP contribution is -2.34. The van der Waals surface area contributed by atoms with Crippen molar-refractivity contribution in [3.8, 4) is 17.2 Å². The largest absolute Gasteiger partial charge is 0.493 e. The van der Waals surface area contributed by atoms with Crippen LogP contribution in [0.3, 0.4) is 0 Å². The molecule has 0 radical (unpaired) electrons. The van der Waals surface area contributed by atoms with Crippen molar-refractivity contribution < 1.29 is 23.7 Å². The van der Waals surface area contributed by atoms with Gasteiger partial charge in [0.25, 0.3) is 0 Å². The van der Waals surface area contributed by atoms with Crippen molar-refractivity contribution in [3.05, 3.63) is 24.0 Å². The maximum absolute atomic E-state index is 11.4. The molecule has 1 heterocycles. The Labute approximate surface area is 151 Å². The Morgan fingerprint density at radius 1 is 1.25 bits per heavy atom. The van der Waals surface area contributed by atoms with Crippen LogP contribution in [0, 0.1) is 0 Å². The highest BCUT2D eigenvalue weighted by atomic mass is 127. The van der Waals surface area contributed by atoms with Gasteiger partial charge in [0, 0.05) is 0 Å². The maximum atomic E-state index is 11.4. The molecule has 2 rings (SSSR count). The minimum absolute atomic E-state index is 0.0579. The summed E-state index contributed by atoms with van der Waals surface area (Å²) in [6, 6.07) is 3.36. The Hall–Kier alpha value is -2.31. The molecule has 0 aliphatic rings. The molecule has 2 aromatic rings. The van der Waals surface area contributed by atoms with Crippen molar-refractivity contribution in [2.75, 3.05) is 21.3 Å². The zero-order valence-corrected chi connectivity index (χ0v) is 15.4. The second kappa shape index (κ2) is 7.51. The van der Waals surface area contributed by atoms with Gasteiger partial charge in [0.15, 0.2) is 17.8 Å². The Kier molecular flexibility index (Phi) is 5.64. The van der Waals surface area contributed by atoms with Crippen molar-refractivity contribution in [1.29, 1.82) is 0 Å². The predicted octanol–water partition coefficient (Wildman–Crippen LogP) is 1.08. The van der Waals surface area contributed by atoms with Gasteiger partial charge < -0.3 is 24.7 Å². The van der Waals surface area contributed by atoms with Crippen LogP contribution >= 0.6 is 22.6 Å². The zero-order valence-electron chi connectivity index (χ0n) is 13.2. The first kappa shape index (κ1) is 18.0. The van der Waals surface area contributed by atoms with E-state index in [-0.39, 0.29) is 6.54 Å². The van der Waals surface area contributed by atoms with Crippen molar-refractivity contribution >= 4 is 28.7 Å². The van der Waals surface area contributed by atoms with Crippen LogP contribution < -0.4 is 19.9 Å². The van der Waals surface area contributed by atoms with Crippen LogP contribution in [0.1, 0.15) is 5.56 Å². The van der Waals surface area contributed by atoms with Crippen molar-refractivity contribution in [3.63, 3.8) is 0 Å². The van der Waals surface area contributed by atoms with Gasteiger partial charge in [0.2, 0.25) is 9.36 Å². The first-order valence-corrected chi connectivity index (χ1v) is 7.70. The van der Waals surface area contributed by atoms with Crippen molar-refractivity contribution in [2.24, 2.45) is 5.73 Å². The quantitative estimate of drug-likeness (QED) is 0.492. The van der Waals surface area contributed by atoms with Gasteiger partial charge in [-0.1, -0.05) is 0 Å². The molecule has 1 aromatic heterocycles. The van der Waals surface area contributed by atoms with Gasteiger partial charge in [-0.15, -0.1) is 10.2 Å². The monoisotopic (exact) mass is 449 g/mol. The number of hydrogen-bond donors (Lipinski definition) is 1. The third kappa shape index (κ3) is 3.60. The summed E-state index contributed by atoms with van der Waals surface area (Å²) in [5, 5.41) is 11.3. The minimum Gasteiger partial charge on any atom is -0.493 e. The van der Waals surface area contributed by atoms with Crippen LogP contribution in [0.2, 0.25) is 0 Å². The van der Waals surface area contributed by atoms with Crippen LogP contribution in [-0.4, -0.2) is 47.6 Å². The molecule has 1 atom stereocenters. The number of nitrogens with two attached hydrogens (primary N) is 1. The van der Waals surface area contributed by atoms with Gasteiger partial charge in [-0.3, -0.25) is 0 Å². The van der Waals surface area contributed by atoms with Gasteiger partial charge in [0.05, 0.1) is 26.9 Å². The van der Waals surface area contributed by atoms with Crippen LogP contribution in [-0.2, 0) is 14.9 Å². The van der Waals surface area contributed by atoms with E-state index in [4.69, 9.17) is 24.7 Å². The van der Waals surface area contributed by atoms with E-state index in [9.17, 15) is 4.79 Å². The molecule has 1 aromatic carbocycles. The summed E-state index contributed by atoms with van der Waals surface area (Å²) in [4.78, 5) is 12.7. The fraction of sp³-hybridized carbons (Fsp3) is 0.385. The van der Waals surface area contributed by atoms with Crippen LogP contribution in [0.25, 0.3) is 0 Å². The molecule has 0 bridgehead atoms. The van der Waals surface area contributed by atoms with Gasteiger partial charge in [-0.2, -0.15) is 4.80 Å². The fourth-order valence-electron chi connectivity index (χ4n) is 2.17. The molecule has 0 saturated heterocycles. The number of benzene rings is 1. The second-order valence-electron chi connectivity index (χ2n) is 4.50. The zero-order chi connectivity index (χ0) is 17.7. The van der Waals surface area contributed by atoms with Crippen LogP contribution in [0.15, 0.2) is 18.5 Å². The first-order chi connectivity index (χ1) is 11.4. The highest BCUT2D eigenvalue weighted by Crippen LogP contribution is 2.48. The summed E-state index contributed by atoms with van der Waals surface area (Å²) in [7, 11) is 4.45. The molecule has 130 valence electrons. The minimum atomic E-state index is -1.25. The molecule has 11 heteroatoms. The summed E-state index contributed by atoms with van der Waals surface area (Å²) >= 11 is 1.93. The molecule has 1 amide bonds. The average molecular weight is 449 g/mol. The van der Waals surface area contributed by atoms with Crippen molar-refractivity contribution in [2.45, 2.75) is 10.2 Å². The number of ether oxygens (including phenoxy) is 4. The van der Waals surface area contributed by atoms with E-state index in [0.29, 0.717) is 22.8 Å². The van der Waals surface area contributed by atoms with E-state index in [1.807, 2.05) is 22.6 Å². The van der Waals surface area contributed by atoms with Gasteiger partial charge in [-0.25, -0.2) is 4.79 Å². The molecule has 1 unspecified atom stereocenters. The number of primary amides is 1. The number of amides is 1. The third-order valence-electron chi connectivity index (χ3n) is 3.11. The molecular formula is C13H16IN5O5. The lowest BCUT2D eigenvalue weighted by molar-refractivity contribution is 0.0751. The third-order valence-corrected chi connectivity index (χ3v) is 4.25. The molecule has 0 fully saturated rings. The van der Waals surface area contributed by atoms with E-state index in [1.165, 1.54) is 32.5 Å². The van der Waals surface area contributed by atoms with Crippen molar-refractivity contribution in [1.82, 2.24) is 20.2 Å². The first-order valence-electron chi connectivity index (χ1n) is 6.62. The fourth-order valence-corrected chi connectivity index (χ4v) is 3.12. The topological polar surface area (TPSA) is 124 Å². The number of tetrazole rings is 1. The Balaban J connectivity index is 2.58. The number of nitrogens with zero attached hydrogens (tertiary/aromatic N) is 4. The second-order valence-corrected chi connectivity index (χ2v) is 6.24. The molecule has 0 aliphatic heterocycles. The number of hydrogen-bond acceptors (Lipinski definition) is 8. The summed E-state index contributed by atoms with van der Waals surface area (Å²) in [6.07, 6.45) is 0.314. The van der Waals surface area contributed by atoms with Crippen LogP contribution in [0.5, 0.6) is 17.2 Å². The highest BCUT2D eigenvalue weighted by molar-refractivity contribution is 14.1. The van der Waals surface area contributed by atoms with Gasteiger partial charge in [-0.05, 0) is 39.9 Å². The SMILES string of the molecule is COc1ccc(C(I)(Cn2ncnn2)OC(N)=O)c(OC)c1OC. The summed E-state index contributed by atoms with van der Waals surface area (Å²) in [5.74, 6) is 1.17. The number of rotatable bonds is 7. The molecule has 24 heavy (non-hydrogen) atoms. The molecule has 0 spiro atoms. The van der Waals surface area contributed by atoms with E-state index >= 15 is 0 Å². The lowest BCUT2D eigenvalue weighted by Gasteiger charge is -2.28. The van der Waals surface area contributed by atoms with Crippen LogP contribution in [0.4, 0.5) is 4.79 Å². The summed E-state index contributed by atoms with van der Waals surface area (Å²) < 4.78 is 20.1. The lowest BCUT2D eigenvalue weighted by atomic mass is 10.1. The van der Waals surface area contributed by atoms with E-state index in [2.05, 4.69) is 15.4 Å². The predicted molar refractivity (Wildman–Crippen MR) is 90.3 cm³/mol.